The van der Waals surface area contributed by atoms with Gasteiger partial charge in [0.1, 0.15) is 0 Å². The molecule has 1 saturated carbocycles. The molecule has 3 rings (SSSR count). The SMILES string of the molecule is CN(C)CCCC1CC(N2CCc3cc(C(=O)NO)cnc3C2)C1. The van der Waals surface area contributed by atoms with Crippen molar-refractivity contribution in [2.75, 3.05) is 27.2 Å². The first kappa shape index (κ1) is 17.3. The third-order valence-electron chi connectivity index (χ3n) is 5.39. The molecule has 0 atom stereocenters. The lowest BCUT2D eigenvalue weighted by atomic mass is 9.76. The zero-order valence-corrected chi connectivity index (χ0v) is 14.7. The van der Waals surface area contributed by atoms with Crippen LogP contribution in [0.2, 0.25) is 0 Å². The van der Waals surface area contributed by atoms with Crippen molar-refractivity contribution in [1.29, 1.82) is 0 Å². The monoisotopic (exact) mass is 332 g/mol. The van der Waals surface area contributed by atoms with Crippen LogP contribution in [-0.2, 0) is 13.0 Å². The first-order chi connectivity index (χ1) is 11.6. The lowest BCUT2D eigenvalue weighted by molar-refractivity contribution is 0.0600. The van der Waals surface area contributed by atoms with Crippen LogP contribution in [0.25, 0.3) is 0 Å². The number of pyridine rings is 1. The molecular formula is C18H28N4O2. The summed E-state index contributed by atoms with van der Waals surface area (Å²) in [5.41, 5.74) is 4.30. The van der Waals surface area contributed by atoms with Gasteiger partial charge >= 0.3 is 0 Å². The fraction of sp³-hybridized carbons (Fsp3) is 0.667. The Labute approximate surface area is 143 Å². The molecule has 0 spiro atoms. The van der Waals surface area contributed by atoms with Gasteiger partial charge in [0, 0.05) is 25.3 Å². The Morgan fingerprint density at radius 1 is 1.46 bits per heavy atom. The molecule has 0 saturated heterocycles. The number of nitrogens with one attached hydrogen (secondary N) is 1. The van der Waals surface area contributed by atoms with E-state index < -0.39 is 5.91 Å². The van der Waals surface area contributed by atoms with E-state index in [-0.39, 0.29) is 0 Å². The van der Waals surface area contributed by atoms with Crippen molar-refractivity contribution in [2.24, 2.45) is 5.92 Å². The van der Waals surface area contributed by atoms with Gasteiger partial charge in [-0.1, -0.05) is 0 Å². The van der Waals surface area contributed by atoms with Crippen LogP contribution in [0.1, 0.15) is 47.3 Å². The van der Waals surface area contributed by atoms with Crippen molar-refractivity contribution in [2.45, 2.75) is 44.7 Å². The standard InChI is InChI=1S/C18H28N4O2/c1-21(2)6-3-4-13-8-16(9-13)22-7-5-14-10-15(18(23)20-24)11-19-17(14)12-22/h10-11,13,16,24H,3-9,12H2,1-2H3,(H,20,23). The summed E-state index contributed by atoms with van der Waals surface area (Å²) in [7, 11) is 4.27. The summed E-state index contributed by atoms with van der Waals surface area (Å²) in [6.07, 6.45) is 7.75. The molecule has 0 unspecified atom stereocenters. The maximum absolute atomic E-state index is 11.5. The lowest BCUT2D eigenvalue weighted by Crippen LogP contribution is -2.47. The Morgan fingerprint density at radius 2 is 2.25 bits per heavy atom. The predicted molar refractivity (Wildman–Crippen MR) is 91.9 cm³/mol. The number of hydrogen-bond acceptors (Lipinski definition) is 5. The second kappa shape index (κ2) is 7.59. The Kier molecular flexibility index (Phi) is 5.48. The molecule has 2 N–H and O–H groups in total. The largest absolute Gasteiger partial charge is 0.309 e. The summed E-state index contributed by atoms with van der Waals surface area (Å²) >= 11 is 0. The Hall–Kier alpha value is -1.50. The van der Waals surface area contributed by atoms with Crippen molar-refractivity contribution in [3.05, 3.63) is 29.1 Å². The van der Waals surface area contributed by atoms with Gasteiger partial charge in [0.2, 0.25) is 0 Å². The maximum atomic E-state index is 11.5. The van der Waals surface area contributed by atoms with E-state index >= 15 is 0 Å². The smallest absolute Gasteiger partial charge is 0.276 e. The highest BCUT2D eigenvalue weighted by molar-refractivity contribution is 5.93. The minimum atomic E-state index is -0.493. The van der Waals surface area contributed by atoms with E-state index in [1.165, 1.54) is 32.2 Å². The van der Waals surface area contributed by atoms with Gasteiger partial charge in [0.15, 0.2) is 0 Å². The van der Waals surface area contributed by atoms with Gasteiger partial charge in [0.05, 0.1) is 11.3 Å². The molecule has 0 bridgehead atoms. The molecule has 1 fully saturated rings. The molecule has 1 amide bonds. The van der Waals surface area contributed by atoms with Crippen molar-refractivity contribution < 1.29 is 10.0 Å². The highest BCUT2D eigenvalue weighted by atomic mass is 16.5. The average Bonchev–Trinajstić information content (AvgIpc) is 2.55. The van der Waals surface area contributed by atoms with Crippen LogP contribution in [0.5, 0.6) is 0 Å². The van der Waals surface area contributed by atoms with E-state index in [1.54, 1.807) is 11.7 Å². The van der Waals surface area contributed by atoms with Gasteiger partial charge in [-0.3, -0.25) is 19.9 Å². The fourth-order valence-corrected chi connectivity index (χ4v) is 3.86. The Bertz CT molecular complexity index is 584. The van der Waals surface area contributed by atoms with Crippen molar-refractivity contribution in [3.8, 4) is 0 Å². The average molecular weight is 332 g/mol. The number of nitrogens with zero attached hydrogens (tertiary/aromatic N) is 3. The van der Waals surface area contributed by atoms with Gasteiger partial charge in [-0.2, -0.15) is 0 Å². The zero-order valence-electron chi connectivity index (χ0n) is 14.7. The fourth-order valence-electron chi connectivity index (χ4n) is 3.86. The van der Waals surface area contributed by atoms with Crippen molar-refractivity contribution in [3.63, 3.8) is 0 Å². The van der Waals surface area contributed by atoms with E-state index in [0.717, 1.165) is 36.7 Å². The van der Waals surface area contributed by atoms with E-state index in [1.807, 2.05) is 6.07 Å². The summed E-state index contributed by atoms with van der Waals surface area (Å²) < 4.78 is 0. The number of fused-ring (bicyclic) bond motifs is 1. The van der Waals surface area contributed by atoms with Crippen LogP contribution < -0.4 is 5.48 Å². The third kappa shape index (κ3) is 3.94. The van der Waals surface area contributed by atoms with Crippen LogP contribution in [0, 0.1) is 5.92 Å². The highest BCUT2D eigenvalue weighted by Crippen LogP contribution is 2.37. The second-order valence-electron chi connectivity index (χ2n) is 7.43. The zero-order chi connectivity index (χ0) is 17.1. The van der Waals surface area contributed by atoms with Gasteiger partial charge in [0.25, 0.3) is 5.91 Å². The third-order valence-corrected chi connectivity index (χ3v) is 5.39. The summed E-state index contributed by atoms with van der Waals surface area (Å²) in [6.45, 7) is 3.10. The number of rotatable bonds is 6. The summed E-state index contributed by atoms with van der Waals surface area (Å²) in [4.78, 5) is 20.7. The molecule has 0 aromatic carbocycles. The summed E-state index contributed by atoms with van der Waals surface area (Å²) in [5.74, 6) is 0.396. The highest BCUT2D eigenvalue weighted by Gasteiger charge is 2.34. The molecule has 24 heavy (non-hydrogen) atoms. The van der Waals surface area contributed by atoms with Crippen molar-refractivity contribution >= 4 is 5.91 Å². The number of carbonyl (C=O) groups excluding carboxylic acids is 1. The predicted octanol–water partition coefficient (Wildman–Crippen LogP) is 1.68. The van der Waals surface area contributed by atoms with E-state index in [0.29, 0.717) is 11.6 Å². The number of hydroxylamine groups is 1. The molecule has 0 radical (unpaired) electrons. The molecule has 132 valence electrons. The van der Waals surface area contributed by atoms with Gasteiger partial charge in [-0.25, -0.2) is 5.48 Å². The Balaban J connectivity index is 1.49. The van der Waals surface area contributed by atoms with Gasteiger partial charge < -0.3 is 4.90 Å². The molecule has 2 heterocycles. The van der Waals surface area contributed by atoms with Crippen LogP contribution in [-0.4, -0.2) is 59.1 Å². The summed E-state index contributed by atoms with van der Waals surface area (Å²) in [5, 5.41) is 8.73. The minimum absolute atomic E-state index is 0.425. The van der Waals surface area contributed by atoms with E-state index in [4.69, 9.17) is 5.21 Å². The lowest BCUT2D eigenvalue weighted by Gasteiger charge is -2.45. The van der Waals surface area contributed by atoms with Crippen LogP contribution in [0.15, 0.2) is 12.3 Å². The molecule has 1 aromatic rings. The number of carbonyl (C=O) groups is 1. The van der Waals surface area contributed by atoms with Crippen LogP contribution in [0.3, 0.4) is 0 Å². The molecule has 2 aliphatic rings. The molecule has 6 heteroatoms. The maximum Gasteiger partial charge on any atom is 0.276 e. The molecule has 1 aromatic heterocycles. The number of hydrogen-bond donors (Lipinski definition) is 2. The molecule has 6 nitrogen and oxygen atoms in total. The second-order valence-corrected chi connectivity index (χ2v) is 7.43. The Morgan fingerprint density at radius 3 is 2.96 bits per heavy atom. The van der Waals surface area contributed by atoms with Crippen LogP contribution in [0.4, 0.5) is 0 Å². The molecule has 1 aliphatic carbocycles. The van der Waals surface area contributed by atoms with E-state index in [2.05, 4.69) is 28.9 Å². The quantitative estimate of drug-likeness (QED) is 0.613. The topological polar surface area (TPSA) is 68.7 Å². The minimum Gasteiger partial charge on any atom is -0.309 e. The van der Waals surface area contributed by atoms with E-state index in [9.17, 15) is 4.79 Å². The first-order valence-electron chi connectivity index (χ1n) is 8.88. The number of aromatic nitrogens is 1. The van der Waals surface area contributed by atoms with Gasteiger partial charge in [-0.15, -0.1) is 0 Å². The first-order valence-corrected chi connectivity index (χ1v) is 8.88. The number of amides is 1. The van der Waals surface area contributed by atoms with Crippen molar-refractivity contribution in [1.82, 2.24) is 20.3 Å². The van der Waals surface area contributed by atoms with Crippen LogP contribution >= 0.6 is 0 Å². The summed E-state index contributed by atoms with van der Waals surface area (Å²) in [6, 6.07) is 2.56. The molecular weight excluding hydrogens is 304 g/mol. The normalized spacial score (nSPS) is 23.7. The van der Waals surface area contributed by atoms with Gasteiger partial charge in [-0.05, 0) is 70.3 Å². The molecule has 1 aliphatic heterocycles.